The van der Waals surface area contributed by atoms with E-state index in [4.69, 9.17) is 4.74 Å². The van der Waals surface area contributed by atoms with E-state index in [1.54, 1.807) is 7.11 Å². The lowest BCUT2D eigenvalue weighted by Crippen LogP contribution is -2.04. The maximum absolute atomic E-state index is 5.49. The smallest absolute Gasteiger partial charge is 0.131 e. The average molecular weight is 245 g/mol. The minimum atomic E-state index is 0.778. The molecule has 96 valence electrons. The van der Waals surface area contributed by atoms with Gasteiger partial charge in [-0.25, -0.2) is 0 Å². The van der Waals surface area contributed by atoms with Crippen molar-refractivity contribution in [3.8, 4) is 17.0 Å². The first-order chi connectivity index (χ1) is 8.65. The van der Waals surface area contributed by atoms with Crippen molar-refractivity contribution >= 4 is 0 Å². The zero-order chi connectivity index (χ0) is 13.1. The number of aryl methyl sites for hydroxylation is 2. The van der Waals surface area contributed by atoms with Crippen LogP contribution in [-0.2, 0) is 6.54 Å². The highest BCUT2D eigenvalue weighted by atomic mass is 16.5. The molecule has 0 aliphatic heterocycles. The number of aromatic amines is 1. The third-order valence-corrected chi connectivity index (χ3v) is 2.90. The molecule has 0 radical (unpaired) electrons. The van der Waals surface area contributed by atoms with E-state index in [0.717, 1.165) is 34.8 Å². The molecular weight excluding hydrogens is 226 g/mol. The molecule has 2 rings (SSSR count). The standard InChI is InChI=1S/C14H19N3O/c1-9-5-10(2)14(18-4)12(6-9)13-7-11(8-15-3)16-17-13/h5-7,15H,8H2,1-4H3,(H,16,17). The van der Waals surface area contributed by atoms with E-state index in [0.29, 0.717) is 0 Å². The van der Waals surface area contributed by atoms with Crippen molar-refractivity contribution in [3.63, 3.8) is 0 Å². The Kier molecular flexibility index (Phi) is 3.67. The van der Waals surface area contributed by atoms with Crippen molar-refractivity contribution in [2.75, 3.05) is 14.2 Å². The van der Waals surface area contributed by atoms with Gasteiger partial charge in [0, 0.05) is 17.8 Å². The van der Waals surface area contributed by atoms with Crippen molar-refractivity contribution in [2.45, 2.75) is 20.4 Å². The zero-order valence-electron chi connectivity index (χ0n) is 11.3. The summed E-state index contributed by atoms with van der Waals surface area (Å²) >= 11 is 0. The Morgan fingerprint density at radius 3 is 2.72 bits per heavy atom. The van der Waals surface area contributed by atoms with Crippen molar-refractivity contribution < 1.29 is 4.74 Å². The van der Waals surface area contributed by atoms with E-state index >= 15 is 0 Å². The van der Waals surface area contributed by atoms with Crippen LogP contribution in [-0.4, -0.2) is 24.4 Å². The maximum atomic E-state index is 5.49. The van der Waals surface area contributed by atoms with Gasteiger partial charge in [-0.05, 0) is 44.2 Å². The van der Waals surface area contributed by atoms with Crippen LogP contribution >= 0.6 is 0 Å². The monoisotopic (exact) mass is 245 g/mol. The molecule has 0 amide bonds. The van der Waals surface area contributed by atoms with Crippen molar-refractivity contribution in [2.24, 2.45) is 0 Å². The van der Waals surface area contributed by atoms with Gasteiger partial charge < -0.3 is 10.1 Å². The molecule has 1 heterocycles. The summed E-state index contributed by atoms with van der Waals surface area (Å²) in [6.45, 7) is 4.91. The fourth-order valence-electron chi connectivity index (χ4n) is 2.20. The molecule has 2 N–H and O–H groups in total. The molecule has 2 aromatic rings. The summed E-state index contributed by atoms with van der Waals surface area (Å²) in [6.07, 6.45) is 0. The van der Waals surface area contributed by atoms with Gasteiger partial charge in [0.1, 0.15) is 5.75 Å². The van der Waals surface area contributed by atoms with Crippen LogP contribution in [0.3, 0.4) is 0 Å². The van der Waals surface area contributed by atoms with Crippen LogP contribution in [0.2, 0.25) is 0 Å². The van der Waals surface area contributed by atoms with Gasteiger partial charge in [0.05, 0.1) is 12.8 Å². The molecule has 0 bridgehead atoms. The normalized spacial score (nSPS) is 10.7. The van der Waals surface area contributed by atoms with E-state index in [-0.39, 0.29) is 0 Å². The molecule has 4 heteroatoms. The lowest BCUT2D eigenvalue weighted by atomic mass is 10.0. The van der Waals surface area contributed by atoms with Crippen molar-refractivity contribution in [1.29, 1.82) is 0 Å². The van der Waals surface area contributed by atoms with Crippen LogP contribution in [0.5, 0.6) is 5.75 Å². The molecule has 0 atom stereocenters. The van der Waals surface area contributed by atoms with Gasteiger partial charge in [0.15, 0.2) is 0 Å². The number of methoxy groups -OCH3 is 1. The Morgan fingerprint density at radius 2 is 2.06 bits per heavy atom. The summed E-state index contributed by atoms with van der Waals surface area (Å²) < 4.78 is 5.49. The highest BCUT2D eigenvalue weighted by molar-refractivity contribution is 5.70. The topological polar surface area (TPSA) is 49.9 Å². The zero-order valence-corrected chi connectivity index (χ0v) is 11.3. The van der Waals surface area contributed by atoms with E-state index in [9.17, 15) is 0 Å². The van der Waals surface area contributed by atoms with Gasteiger partial charge in [-0.3, -0.25) is 5.10 Å². The Bertz CT molecular complexity index is 546. The fraction of sp³-hybridized carbons (Fsp3) is 0.357. The number of nitrogens with one attached hydrogen (secondary N) is 2. The molecule has 1 aromatic heterocycles. The second kappa shape index (κ2) is 5.23. The molecule has 0 aliphatic carbocycles. The molecule has 1 aromatic carbocycles. The Hall–Kier alpha value is -1.81. The molecule has 4 nitrogen and oxygen atoms in total. The van der Waals surface area contributed by atoms with Crippen molar-refractivity contribution in [3.05, 3.63) is 35.0 Å². The second-order valence-electron chi connectivity index (χ2n) is 4.47. The maximum Gasteiger partial charge on any atom is 0.131 e. The highest BCUT2D eigenvalue weighted by Crippen LogP contribution is 2.33. The molecule has 0 saturated heterocycles. The van der Waals surface area contributed by atoms with Crippen LogP contribution < -0.4 is 10.1 Å². The number of rotatable bonds is 4. The van der Waals surface area contributed by atoms with Gasteiger partial charge in [-0.2, -0.15) is 5.10 Å². The van der Waals surface area contributed by atoms with E-state index in [1.807, 2.05) is 13.1 Å². The SMILES string of the molecule is CNCc1cc(-c2cc(C)cc(C)c2OC)n[nH]1. The molecule has 0 aliphatic rings. The van der Waals surface area contributed by atoms with Crippen molar-refractivity contribution in [1.82, 2.24) is 15.5 Å². The predicted molar refractivity (Wildman–Crippen MR) is 72.8 cm³/mol. The number of nitrogens with zero attached hydrogens (tertiary/aromatic N) is 1. The first-order valence-corrected chi connectivity index (χ1v) is 6.00. The number of H-pyrrole nitrogens is 1. The van der Waals surface area contributed by atoms with Crippen LogP contribution in [0.15, 0.2) is 18.2 Å². The fourth-order valence-corrected chi connectivity index (χ4v) is 2.20. The quantitative estimate of drug-likeness (QED) is 0.869. The number of benzene rings is 1. The summed E-state index contributed by atoms with van der Waals surface area (Å²) in [6, 6.07) is 6.27. The number of hydrogen-bond donors (Lipinski definition) is 2. The molecular formula is C14H19N3O. The van der Waals surface area contributed by atoms with E-state index in [1.165, 1.54) is 5.56 Å². The summed E-state index contributed by atoms with van der Waals surface area (Å²) in [4.78, 5) is 0. The van der Waals surface area contributed by atoms with Gasteiger partial charge in [0.2, 0.25) is 0 Å². The van der Waals surface area contributed by atoms with E-state index < -0.39 is 0 Å². The van der Waals surface area contributed by atoms with Gasteiger partial charge in [-0.15, -0.1) is 0 Å². The summed E-state index contributed by atoms with van der Waals surface area (Å²) in [5.41, 5.74) is 5.36. The molecule has 0 saturated carbocycles. The first-order valence-electron chi connectivity index (χ1n) is 6.00. The lowest BCUT2D eigenvalue weighted by molar-refractivity contribution is 0.413. The average Bonchev–Trinajstić information content (AvgIpc) is 2.77. The van der Waals surface area contributed by atoms with Gasteiger partial charge in [0.25, 0.3) is 0 Å². The number of aromatic nitrogens is 2. The minimum absolute atomic E-state index is 0.778. The van der Waals surface area contributed by atoms with Crippen LogP contribution in [0.25, 0.3) is 11.3 Å². The molecule has 18 heavy (non-hydrogen) atoms. The highest BCUT2D eigenvalue weighted by Gasteiger charge is 2.12. The molecule has 0 unspecified atom stereocenters. The Balaban J connectivity index is 2.48. The Morgan fingerprint density at radius 1 is 1.28 bits per heavy atom. The third-order valence-electron chi connectivity index (χ3n) is 2.90. The number of hydrogen-bond acceptors (Lipinski definition) is 3. The van der Waals surface area contributed by atoms with Gasteiger partial charge >= 0.3 is 0 Å². The van der Waals surface area contributed by atoms with Crippen LogP contribution in [0.4, 0.5) is 0 Å². The summed E-state index contributed by atoms with van der Waals surface area (Å²) in [7, 11) is 3.61. The number of ether oxygens (including phenoxy) is 1. The van der Waals surface area contributed by atoms with Crippen LogP contribution in [0, 0.1) is 13.8 Å². The minimum Gasteiger partial charge on any atom is -0.496 e. The first kappa shape index (κ1) is 12.6. The molecule has 0 spiro atoms. The largest absolute Gasteiger partial charge is 0.496 e. The summed E-state index contributed by atoms with van der Waals surface area (Å²) in [5, 5.41) is 10.5. The second-order valence-corrected chi connectivity index (χ2v) is 4.47. The van der Waals surface area contributed by atoms with E-state index in [2.05, 4.69) is 41.5 Å². The predicted octanol–water partition coefficient (Wildman–Crippen LogP) is 2.42. The third kappa shape index (κ3) is 2.38. The van der Waals surface area contributed by atoms with Gasteiger partial charge in [-0.1, -0.05) is 6.07 Å². The molecule has 0 fully saturated rings. The lowest BCUT2D eigenvalue weighted by Gasteiger charge is -2.10. The Labute approximate surface area is 107 Å². The summed E-state index contributed by atoms with van der Waals surface area (Å²) in [5.74, 6) is 0.892. The van der Waals surface area contributed by atoms with Crippen LogP contribution in [0.1, 0.15) is 16.8 Å².